The molecular formula is C13H27N3O. The van der Waals surface area contributed by atoms with E-state index in [1.165, 1.54) is 0 Å². The van der Waals surface area contributed by atoms with E-state index in [-0.39, 0.29) is 17.5 Å². The summed E-state index contributed by atoms with van der Waals surface area (Å²) in [6.45, 7) is 10.7. The summed E-state index contributed by atoms with van der Waals surface area (Å²) < 4.78 is 0. The van der Waals surface area contributed by atoms with E-state index in [0.717, 1.165) is 25.9 Å². The number of piperidine rings is 1. The van der Waals surface area contributed by atoms with Crippen LogP contribution in [0.1, 0.15) is 47.0 Å². The topological polar surface area (TPSA) is 58.4 Å². The van der Waals surface area contributed by atoms with Crippen LogP contribution in [0.5, 0.6) is 0 Å². The van der Waals surface area contributed by atoms with E-state index >= 15 is 0 Å². The molecule has 1 amide bonds. The second-order valence-electron chi connectivity index (χ2n) is 5.96. The van der Waals surface area contributed by atoms with Gasteiger partial charge < -0.3 is 11.1 Å². The zero-order chi connectivity index (χ0) is 13.1. The highest BCUT2D eigenvalue weighted by atomic mass is 16.2. The van der Waals surface area contributed by atoms with Gasteiger partial charge in [0.25, 0.3) is 0 Å². The van der Waals surface area contributed by atoms with Crippen LogP contribution in [-0.4, -0.2) is 41.5 Å². The van der Waals surface area contributed by atoms with E-state index in [1.807, 2.05) is 6.92 Å². The lowest BCUT2D eigenvalue weighted by molar-refractivity contribution is -0.123. The predicted octanol–water partition coefficient (Wildman–Crippen LogP) is 1.10. The van der Waals surface area contributed by atoms with Gasteiger partial charge in [0.05, 0.1) is 6.04 Å². The van der Waals surface area contributed by atoms with Crippen molar-refractivity contribution in [3.63, 3.8) is 0 Å². The van der Waals surface area contributed by atoms with Crippen molar-refractivity contribution in [1.29, 1.82) is 0 Å². The molecule has 0 aliphatic carbocycles. The van der Waals surface area contributed by atoms with Crippen molar-refractivity contribution in [1.82, 2.24) is 10.2 Å². The molecule has 0 aromatic heterocycles. The summed E-state index contributed by atoms with van der Waals surface area (Å²) in [4.78, 5) is 14.1. The average Bonchev–Trinajstić information content (AvgIpc) is 2.27. The van der Waals surface area contributed by atoms with Crippen molar-refractivity contribution in [3.05, 3.63) is 0 Å². The molecule has 1 heterocycles. The number of hydrogen-bond acceptors (Lipinski definition) is 3. The Morgan fingerprint density at radius 2 is 1.94 bits per heavy atom. The first-order chi connectivity index (χ1) is 7.84. The van der Waals surface area contributed by atoms with E-state index in [0.29, 0.717) is 12.5 Å². The molecule has 0 saturated carbocycles. The minimum absolute atomic E-state index is 0.00158. The summed E-state index contributed by atoms with van der Waals surface area (Å²) in [7, 11) is 0. The molecule has 1 rings (SSSR count). The maximum absolute atomic E-state index is 11.7. The highest BCUT2D eigenvalue weighted by Gasteiger charge is 2.28. The lowest BCUT2D eigenvalue weighted by Crippen LogP contribution is -2.53. The SMILES string of the molecule is CC[C@H](N)C(=O)NC1CCN(C(C)(C)C)CC1. The minimum Gasteiger partial charge on any atom is -0.352 e. The molecule has 0 aromatic carbocycles. The van der Waals surface area contributed by atoms with Crippen molar-refractivity contribution in [3.8, 4) is 0 Å². The molecular weight excluding hydrogens is 214 g/mol. The van der Waals surface area contributed by atoms with Crippen molar-refractivity contribution in [2.75, 3.05) is 13.1 Å². The molecule has 1 saturated heterocycles. The highest BCUT2D eigenvalue weighted by molar-refractivity contribution is 5.81. The summed E-state index contributed by atoms with van der Waals surface area (Å²) in [5, 5.41) is 3.05. The first-order valence-corrected chi connectivity index (χ1v) is 6.65. The normalized spacial score (nSPS) is 21.2. The summed E-state index contributed by atoms with van der Waals surface area (Å²) >= 11 is 0. The van der Waals surface area contributed by atoms with Crippen LogP contribution in [0.2, 0.25) is 0 Å². The van der Waals surface area contributed by atoms with Crippen LogP contribution < -0.4 is 11.1 Å². The van der Waals surface area contributed by atoms with Gasteiger partial charge in [-0.15, -0.1) is 0 Å². The number of nitrogens with zero attached hydrogens (tertiary/aromatic N) is 1. The second kappa shape index (κ2) is 5.83. The first-order valence-electron chi connectivity index (χ1n) is 6.65. The molecule has 0 aromatic rings. The molecule has 1 fully saturated rings. The van der Waals surface area contributed by atoms with Crippen LogP contribution in [0.3, 0.4) is 0 Å². The fourth-order valence-corrected chi connectivity index (χ4v) is 2.19. The Bertz CT molecular complexity index is 252. The number of nitrogens with one attached hydrogen (secondary N) is 1. The first kappa shape index (κ1) is 14.5. The lowest BCUT2D eigenvalue weighted by atomic mass is 9.98. The molecule has 3 N–H and O–H groups in total. The smallest absolute Gasteiger partial charge is 0.237 e. The predicted molar refractivity (Wildman–Crippen MR) is 70.8 cm³/mol. The van der Waals surface area contributed by atoms with E-state index in [4.69, 9.17) is 5.73 Å². The van der Waals surface area contributed by atoms with E-state index in [1.54, 1.807) is 0 Å². The third-order valence-corrected chi connectivity index (χ3v) is 3.57. The highest BCUT2D eigenvalue weighted by Crippen LogP contribution is 2.20. The molecule has 17 heavy (non-hydrogen) atoms. The summed E-state index contributed by atoms with van der Waals surface area (Å²) in [6, 6.07) is -0.0469. The quantitative estimate of drug-likeness (QED) is 0.778. The molecule has 4 nitrogen and oxygen atoms in total. The fourth-order valence-electron chi connectivity index (χ4n) is 2.19. The molecule has 1 atom stereocenters. The third kappa shape index (κ3) is 4.28. The summed E-state index contributed by atoms with van der Waals surface area (Å²) in [6.07, 6.45) is 2.76. The molecule has 1 aliphatic heterocycles. The van der Waals surface area contributed by atoms with Crippen LogP contribution in [0.4, 0.5) is 0 Å². The maximum atomic E-state index is 11.7. The number of rotatable bonds is 3. The summed E-state index contributed by atoms with van der Waals surface area (Å²) in [5.74, 6) is 0.00158. The van der Waals surface area contributed by atoms with Gasteiger partial charge in [-0.05, 0) is 40.0 Å². The van der Waals surface area contributed by atoms with Crippen molar-refractivity contribution in [2.24, 2.45) is 5.73 Å². The van der Waals surface area contributed by atoms with E-state index < -0.39 is 0 Å². The van der Waals surface area contributed by atoms with Gasteiger partial charge in [-0.1, -0.05) is 6.92 Å². The molecule has 1 aliphatic rings. The largest absolute Gasteiger partial charge is 0.352 e. The lowest BCUT2D eigenvalue weighted by Gasteiger charge is -2.41. The zero-order valence-electron chi connectivity index (χ0n) is 11.6. The number of hydrogen-bond donors (Lipinski definition) is 2. The summed E-state index contributed by atoms with van der Waals surface area (Å²) in [5.41, 5.74) is 5.94. The average molecular weight is 241 g/mol. The van der Waals surface area contributed by atoms with Crippen LogP contribution in [0, 0.1) is 0 Å². The van der Waals surface area contributed by atoms with Gasteiger partial charge in [0.2, 0.25) is 5.91 Å². The Morgan fingerprint density at radius 3 is 2.35 bits per heavy atom. The van der Waals surface area contributed by atoms with Crippen molar-refractivity contribution < 1.29 is 4.79 Å². The van der Waals surface area contributed by atoms with Gasteiger partial charge in [-0.25, -0.2) is 0 Å². The van der Waals surface area contributed by atoms with Crippen LogP contribution in [0.25, 0.3) is 0 Å². The van der Waals surface area contributed by atoms with Gasteiger partial charge >= 0.3 is 0 Å². The molecule has 0 bridgehead atoms. The molecule has 100 valence electrons. The molecule has 0 radical (unpaired) electrons. The number of nitrogens with two attached hydrogens (primary N) is 1. The maximum Gasteiger partial charge on any atom is 0.237 e. The molecule has 4 heteroatoms. The van der Waals surface area contributed by atoms with Crippen LogP contribution >= 0.6 is 0 Å². The fraction of sp³-hybridized carbons (Fsp3) is 0.923. The minimum atomic E-state index is -0.351. The van der Waals surface area contributed by atoms with E-state index in [9.17, 15) is 4.79 Å². The molecule has 0 spiro atoms. The Balaban J connectivity index is 2.35. The van der Waals surface area contributed by atoms with Gasteiger partial charge in [-0.2, -0.15) is 0 Å². The van der Waals surface area contributed by atoms with Crippen molar-refractivity contribution >= 4 is 5.91 Å². The van der Waals surface area contributed by atoms with Crippen LogP contribution in [-0.2, 0) is 4.79 Å². The zero-order valence-corrected chi connectivity index (χ0v) is 11.6. The Labute approximate surface area is 105 Å². The standard InChI is InChI=1S/C13H27N3O/c1-5-11(14)12(17)15-10-6-8-16(9-7-10)13(2,3)4/h10-11H,5-9,14H2,1-4H3,(H,15,17)/t11-/m0/s1. The monoisotopic (exact) mass is 241 g/mol. The number of amides is 1. The molecule has 0 unspecified atom stereocenters. The Hall–Kier alpha value is -0.610. The number of carbonyl (C=O) groups excluding carboxylic acids is 1. The van der Waals surface area contributed by atoms with Gasteiger partial charge in [0, 0.05) is 24.7 Å². The Morgan fingerprint density at radius 1 is 1.41 bits per heavy atom. The van der Waals surface area contributed by atoms with Gasteiger partial charge in [-0.3, -0.25) is 9.69 Å². The number of carbonyl (C=O) groups is 1. The second-order valence-corrected chi connectivity index (χ2v) is 5.96. The number of likely N-dealkylation sites (tertiary alicyclic amines) is 1. The van der Waals surface area contributed by atoms with Crippen LogP contribution in [0.15, 0.2) is 0 Å². The van der Waals surface area contributed by atoms with Gasteiger partial charge in [0.1, 0.15) is 0 Å². The van der Waals surface area contributed by atoms with E-state index in [2.05, 4.69) is 31.0 Å². The third-order valence-electron chi connectivity index (χ3n) is 3.57. The van der Waals surface area contributed by atoms with Crippen molar-refractivity contribution in [2.45, 2.75) is 64.6 Å². The Kier molecular flexibility index (Phi) is 4.95. The van der Waals surface area contributed by atoms with Gasteiger partial charge in [0.15, 0.2) is 0 Å².